The normalized spacial score (nSPS) is 19.5. The van der Waals surface area contributed by atoms with Gasteiger partial charge in [0, 0.05) is 6.54 Å². The maximum atomic E-state index is 11.8. The molecule has 0 heterocycles. The molecule has 1 aliphatic carbocycles. The molecule has 1 saturated carbocycles. The highest BCUT2D eigenvalue weighted by atomic mass is 32.2. The molecule has 0 aromatic carbocycles. The maximum Gasteiger partial charge on any atom is 0.322 e. The first kappa shape index (κ1) is 16.4. The van der Waals surface area contributed by atoms with Crippen molar-refractivity contribution < 1.29 is 18.3 Å². The van der Waals surface area contributed by atoms with Crippen molar-refractivity contribution in [2.45, 2.75) is 52.0 Å². The van der Waals surface area contributed by atoms with E-state index < -0.39 is 22.2 Å². The molecule has 0 aromatic rings. The summed E-state index contributed by atoms with van der Waals surface area (Å²) < 4.78 is 28.3. The molecule has 0 aliphatic heterocycles. The van der Waals surface area contributed by atoms with Crippen LogP contribution >= 0.6 is 0 Å². The zero-order valence-electron chi connectivity index (χ0n) is 11.6. The van der Waals surface area contributed by atoms with Gasteiger partial charge in [0.1, 0.15) is 6.04 Å². The van der Waals surface area contributed by atoms with Crippen LogP contribution < -0.4 is 9.44 Å². The van der Waals surface area contributed by atoms with Crippen molar-refractivity contribution in [3.05, 3.63) is 0 Å². The largest absolute Gasteiger partial charge is 0.480 e. The van der Waals surface area contributed by atoms with Gasteiger partial charge >= 0.3 is 5.97 Å². The van der Waals surface area contributed by atoms with Crippen LogP contribution in [0.5, 0.6) is 0 Å². The summed E-state index contributed by atoms with van der Waals surface area (Å²) in [6.07, 6.45) is 4.57. The summed E-state index contributed by atoms with van der Waals surface area (Å²) in [6, 6.07) is -1.02. The lowest BCUT2D eigenvalue weighted by Crippen LogP contribution is -2.50. The summed E-state index contributed by atoms with van der Waals surface area (Å²) in [5.74, 6) is -1.03. The van der Waals surface area contributed by atoms with E-state index in [1.165, 1.54) is 0 Å². The fraction of sp³-hybridized carbons (Fsp3) is 0.917. The number of nitrogens with one attached hydrogen (secondary N) is 2. The van der Waals surface area contributed by atoms with Crippen molar-refractivity contribution in [1.82, 2.24) is 9.44 Å². The zero-order valence-corrected chi connectivity index (χ0v) is 12.4. The molecule has 3 N–H and O–H groups in total. The SMILES string of the molecule is CC(C)CNS(=O)(=O)NC(C(=O)O)C1CCCCC1. The van der Waals surface area contributed by atoms with E-state index in [1.54, 1.807) is 0 Å². The Bertz CT molecular complexity index is 389. The summed E-state index contributed by atoms with van der Waals surface area (Å²) >= 11 is 0. The molecular formula is C12H24N2O4S. The summed E-state index contributed by atoms with van der Waals surface area (Å²) in [5.41, 5.74) is 0. The number of hydrogen-bond acceptors (Lipinski definition) is 3. The second kappa shape index (κ2) is 7.21. The van der Waals surface area contributed by atoms with Crippen molar-refractivity contribution in [2.75, 3.05) is 6.54 Å². The van der Waals surface area contributed by atoms with Gasteiger partial charge < -0.3 is 5.11 Å². The monoisotopic (exact) mass is 292 g/mol. The summed E-state index contributed by atoms with van der Waals surface area (Å²) in [6.45, 7) is 4.07. The minimum Gasteiger partial charge on any atom is -0.480 e. The lowest BCUT2D eigenvalue weighted by atomic mass is 9.84. The van der Waals surface area contributed by atoms with Gasteiger partial charge in [-0.25, -0.2) is 4.72 Å². The van der Waals surface area contributed by atoms with E-state index in [2.05, 4.69) is 9.44 Å². The van der Waals surface area contributed by atoms with E-state index in [4.69, 9.17) is 0 Å². The molecule has 0 saturated heterocycles. The minimum absolute atomic E-state index is 0.109. The average molecular weight is 292 g/mol. The smallest absolute Gasteiger partial charge is 0.322 e. The first-order valence-electron chi connectivity index (χ1n) is 6.81. The number of rotatable bonds is 7. The van der Waals surface area contributed by atoms with Crippen LogP contribution in [0.25, 0.3) is 0 Å². The van der Waals surface area contributed by atoms with E-state index in [-0.39, 0.29) is 11.8 Å². The first-order chi connectivity index (χ1) is 8.82. The Kier molecular flexibility index (Phi) is 6.22. The van der Waals surface area contributed by atoms with Crippen LogP contribution in [0.15, 0.2) is 0 Å². The average Bonchev–Trinajstić information content (AvgIpc) is 2.35. The van der Waals surface area contributed by atoms with Crippen LogP contribution in [0, 0.1) is 11.8 Å². The molecule has 0 bridgehead atoms. The van der Waals surface area contributed by atoms with Crippen LogP contribution in [-0.2, 0) is 15.0 Å². The fourth-order valence-electron chi connectivity index (χ4n) is 2.30. The van der Waals surface area contributed by atoms with Gasteiger partial charge in [-0.15, -0.1) is 0 Å². The maximum absolute atomic E-state index is 11.8. The first-order valence-corrected chi connectivity index (χ1v) is 8.30. The van der Waals surface area contributed by atoms with Crippen LogP contribution in [0.3, 0.4) is 0 Å². The lowest BCUT2D eigenvalue weighted by molar-refractivity contribution is -0.140. The molecule has 6 nitrogen and oxygen atoms in total. The summed E-state index contributed by atoms with van der Waals surface area (Å²) in [5, 5.41) is 9.21. The standard InChI is InChI=1S/C12H24N2O4S/c1-9(2)8-13-19(17,18)14-11(12(15)16)10-6-4-3-5-7-10/h9-11,13-14H,3-8H2,1-2H3,(H,15,16). The molecule has 19 heavy (non-hydrogen) atoms. The highest BCUT2D eigenvalue weighted by Gasteiger charge is 2.32. The van der Waals surface area contributed by atoms with Gasteiger partial charge in [-0.05, 0) is 24.7 Å². The number of aliphatic carboxylic acids is 1. The molecule has 0 spiro atoms. The number of carbonyl (C=O) groups is 1. The molecule has 1 atom stereocenters. The van der Waals surface area contributed by atoms with Crippen LogP contribution in [0.1, 0.15) is 46.0 Å². The zero-order chi connectivity index (χ0) is 14.5. The van der Waals surface area contributed by atoms with Gasteiger partial charge in [-0.2, -0.15) is 13.1 Å². The third kappa shape index (κ3) is 5.88. The molecular weight excluding hydrogens is 268 g/mol. The van der Waals surface area contributed by atoms with Gasteiger partial charge in [0.25, 0.3) is 10.2 Å². The molecule has 0 radical (unpaired) electrons. The molecule has 0 amide bonds. The number of hydrogen-bond donors (Lipinski definition) is 3. The van der Waals surface area contributed by atoms with E-state index in [1.807, 2.05) is 13.8 Å². The molecule has 1 aliphatic rings. The molecule has 7 heteroatoms. The predicted octanol–water partition coefficient (Wildman–Crippen LogP) is 1.10. The topological polar surface area (TPSA) is 95.5 Å². The van der Waals surface area contributed by atoms with E-state index in [0.29, 0.717) is 6.54 Å². The molecule has 1 rings (SSSR count). The third-order valence-electron chi connectivity index (χ3n) is 3.35. The van der Waals surface area contributed by atoms with Crippen LogP contribution in [-0.4, -0.2) is 32.1 Å². The second-order valence-electron chi connectivity index (χ2n) is 5.58. The summed E-state index contributed by atoms with van der Waals surface area (Å²) in [4.78, 5) is 11.3. The fourth-order valence-corrected chi connectivity index (χ4v) is 3.56. The van der Waals surface area contributed by atoms with Gasteiger partial charge in [-0.3, -0.25) is 4.79 Å². The predicted molar refractivity (Wildman–Crippen MR) is 72.9 cm³/mol. The van der Waals surface area contributed by atoms with Crippen molar-refractivity contribution in [3.63, 3.8) is 0 Å². The Balaban J connectivity index is 2.64. The molecule has 1 fully saturated rings. The van der Waals surface area contributed by atoms with Gasteiger partial charge in [0.2, 0.25) is 0 Å². The van der Waals surface area contributed by atoms with Crippen molar-refractivity contribution in [1.29, 1.82) is 0 Å². The Morgan fingerprint density at radius 1 is 1.26 bits per heavy atom. The quantitative estimate of drug-likeness (QED) is 0.655. The van der Waals surface area contributed by atoms with Gasteiger partial charge in [0.05, 0.1) is 0 Å². The molecule has 1 unspecified atom stereocenters. The lowest BCUT2D eigenvalue weighted by Gasteiger charge is -2.27. The number of carboxylic acids is 1. The van der Waals surface area contributed by atoms with Crippen LogP contribution in [0.2, 0.25) is 0 Å². The van der Waals surface area contributed by atoms with E-state index in [9.17, 15) is 18.3 Å². The Hall–Kier alpha value is -0.660. The molecule has 0 aromatic heterocycles. The van der Waals surface area contributed by atoms with Gasteiger partial charge in [-0.1, -0.05) is 33.1 Å². The Morgan fingerprint density at radius 2 is 1.84 bits per heavy atom. The van der Waals surface area contributed by atoms with E-state index in [0.717, 1.165) is 32.1 Å². The highest BCUT2D eigenvalue weighted by Crippen LogP contribution is 2.26. The third-order valence-corrected chi connectivity index (χ3v) is 4.46. The summed E-state index contributed by atoms with van der Waals surface area (Å²) in [7, 11) is -3.75. The van der Waals surface area contributed by atoms with Crippen molar-refractivity contribution in [2.24, 2.45) is 11.8 Å². The van der Waals surface area contributed by atoms with Gasteiger partial charge in [0.15, 0.2) is 0 Å². The minimum atomic E-state index is -3.75. The van der Waals surface area contributed by atoms with Crippen molar-refractivity contribution in [3.8, 4) is 0 Å². The number of carboxylic acid groups (broad SMARTS) is 1. The highest BCUT2D eigenvalue weighted by molar-refractivity contribution is 7.87. The Morgan fingerprint density at radius 3 is 2.32 bits per heavy atom. The Labute approximate surface area is 115 Å². The molecule has 112 valence electrons. The second-order valence-corrected chi connectivity index (χ2v) is 7.11. The van der Waals surface area contributed by atoms with E-state index >= 15 is 0 Å². The van der Waals surface area contributed by atoms with Crippen molar-refractivity contribution >= 4 is 16.2 Å². The van der Waals surface area contributed by atoms with Crippen LogP contribution in [0.4, 0.5) is 0 Å².